The van der Waals surface area contributed by atoms with Crippen molar-refractivity contribution in [2.45, 2.75) is 6.42 Å². The van der Waals surface area contributed by atoms with E-state index in [2.05, 4.69) is 4.98 Å². The van der Waals surface area contributed by atoms with Crippen molar-refractivity contribution in [3.63, 3.8) is 0 Å². The summed E-state index contributed by atoms with van der Waals surface area (Å²) in [4.78, 5) is 53.9. The lowest BCUT2D eigenvalue weighted by molar-refractivity contribution is -0.137. The maximum atomic E-state index is 12.9. The summed E-state index contributed by atoms with van der Waals surface area (Å²) in [7, 11) is 2.82. The van der Waals surface area contributed by atoms with Gasteiger partial charge in [0, 0.05) is 20.6 Å². The SMILES string of the molecule is Cn1c(=O)c2ccc(C(=O)N(CCc3ccccc3)CC(=O)O)nc2n(C)c1=O. The third kappa shape index (κ3) is 4.08. The number of hydrogen-bond donors (Lipinski definition) is 1. The lowest BCUT2D eigenvalue weighted by atomic mass is 10.1. The van der Waals surface area contributed by atoms with E-state index >= 15 is 0 Å². The molecule has 0 aliphatic carbocycles. The molecular weight excluding hydrogens is 376 g/mol. The highest BCUT2D eigenvalue weighted by Gasteiger charge is 2.21. The minimum Gasteiger partial charge on any atom is -0.480 e. The van der Waals surface area contributed by atoms with Crippen LogP contribution in [-0.4, -0.2) is 49.1 Å². The average Bonchev–Trinajstić information content (AvgIpc) is 2.73. The maximum Gasteiger partial charge on any atom is 0.332 e. The maximum absolute atomic E-state index is 12.9. The number of rotatable bonds is 6. The van der Waals surface area contributed by atoms with Crippen LogP contribution in [0, 0.1) is 0 Å². The van der Waals surface area contributed by atoms with E-state index in [9.17, 15) is 24.3 Å². The van der Waals surface area contributed by atoms with Gasteiger partial charge >= 0.3 is 11.7 Å². The number of nitrogens with zero attached hydrogens (tertiary/aromatic N) is 4. The molecule has 0 atom stereocenters. The van der Waals surface area contributed by atoms with Crippen LogP contribution >= 0.6 is 0 Å². The molecule has 1 aromatic carbocycles. The molecule has 2 heterocycles. The first-order chi connectivity index (χ1) is 13.8. The molecule has 2 aromatic heterocycles. The second-order valence-corrected chi connectivity index (χ2v) is 6.63. The van der Waals surface area contributed by atoms with Gasteiger partial charge in [-0.25, -0.2) is 9.78 Å². The summed E-state index contributed by atoms with van der Waals surface area (Å²) in [6, 6.07) is 12.2. The molecule has 9 heteroatoms. The Morgan fingerprint density at radius 3 is 2.38 bits per heavy atom. The zero-order valence-electron chi connectivity index (χ0n) is 16.0. The van der Waals surface area contributed by atoms with E-state index in [-0.39, 0.29) is 23.3 Å². The molecule has 0 unspecified atom stereocenters. The number of aryl methyl sites for hydroxylation is 1. The van der Waals surface area contributed by atoms with Crippen molar-refractivity contribution in [1.29, 1.82) is 0 Å². The number of amides is 1. The summed E-state index contributed by atoms with van der Waals surface area (Å²) in [6.07, 6.45) is 0.479. The first-order valence-electron chi connectivity index (χ1n) is 8.91. The highest BCUT2D eigenvalue weighted by molar-refractivity contribution is 5.95. The van der Waals surface area contributed by atoms with E-state index in [1.165, 1.54) is 35.7 Å². The quantitative estimate of drug-likeness (QED) is 0.645. The number of carboxylic acids is 1. The summed E-state index contributed by atoms with van der Waals surface area (Å²) >= 11 is 0. The smallest absolute Gasteiger partial charge is 0.332 e. The molecule has 0 saturated carbocycles. The molecule has 0 saturated heterocycles. The van der Waals surface area contributed by atoms with Gasteiger partial charge < -0.3 is 10.0 Å². The van der Waals surface area contributed by atoms with Crippen molar-refractivity contribution < 1.29 is 14.7 Å². The molecule has 29 heavy (non-hydrogen) atoms. The zero-order chi connectivity index (χ0) is 21.1. The number of carbonyl (C=O) groups is 2. The molecule has 0 bridgehead atoms. The normalized spacial score (nSPS) is 10.8. The Hall–Kier alpha value is -3.75. The van der Waals surface area contributed by atoms with Crippen LogP contribution in [-0.2, 0) is 25.3 Å². The Morgan fingerprint density at radius 2 is 1.72 bits per heavy atom. The van der Waals surface area contributed by atoms with Gasteiger partial charge in [-0.05, 0) is 24.1 Å². The van der Waals surface area contributed by atoms with Crippen LogP contribution in [0.4, 0.5) is 0 Å². The molecule has 3 aromatic rings. The second kappa shape index (κ2) is 8.09. The van der Waals surface area contributed by atoms with Gasteiger partial charge in [-0.3, -0.25) is 23.5 Å². The molecule has 3 rings (SSSR count). The van der Waals surface area contributed by atoms with Crippen molar-refractivity contribution in [2.24, 2.45) is 14.1 Å². The molecule has 0 aliphatic heterocycles. The Morgan fingerprint density at radius 1 is 1.03 bits per heavy atom. The van der Waals surface area contributed by atoms with Crippen molar-refractivity contribution in [3.05, 3.63) is 74.6 Å². The van der Waals surface area contributed by atoms with Gasteiger partial charge in [0.2, 0.25) is 0 Å². The minimum absolute atomic E-state index is 0.0323. The van der Waals surface area contributed by atoms with Crippen LogP contribution in [0.1, 0.15) is 16.1 Å². The lowest BCUT2D eigenvalue weighted by Gasteiger charge is -2.20. The van der Waals surface area contributed by atoms with Crippen LogP contribution in [0.25, 0.3) is 11.0 Å². The van der Waals surface area contributed by atoms with E-state index in [1.807, 2.05) is 30.3 Å². The fourth-order valence-electron chi connectivity index (χ4n) is 3.06. The topological polar surface area (TPSA) is 114 Å². The predicted molar refractivity (Wildman–Crippen MR) is 106 cm³/mol. The van der Waals surface area contributed by atoms with Gasteiger partial charge in [0.05, 0.1) is 5.39 Å². The third-order valence-corrected chi connectivity index (χ3v) is 4.65. The van der Waals surface area contributed by atoms with Crippen LogP contribution in [0.2, 0.25) is 0 Å². The summed E-state index contributed by atoms with van der Waals surface area (Å²) in [5.41, 5.74) is -0.0717. The van der Waals surface area contributed by atoms with Gasteiger partial charge in [-0.1, -0.05) is 30.3 Å². The second-order valence-electron chi connectivity index (χ2n) is 6.63. The van der Waals surface area contributed by atoms with Gasteiger partial charge in [0.1, 0.15) is 17.9 Å². The van der Waals surface area contributed by atoms with Gasteiger partial charge in [-0.15, -0.1) is 0 Å². The molecular formula is C20H20N4O5. The van der Waals surface area contributed by atoms with Gasteiger partial charge in [-0.2, -0.15) is 0 Å². The first-order valence-corrected chi connectivity index (χ1v) is 8.91. The van der Waals surface area contributed by atoms with Crippen LogP contribution < -0.4 is 11.2 Å². The largest absolute Gasteiger partial charge is 0.480 e. The van der Waals surface area contributed by atoms with Gasteiger partial charge in [0.25, 0.3) is 11.5 Å². The van der Waals surface area contributed by atoms with Crippen molar-refractivity contribution in [2.75, 3.05) is 13.1 Å². The Labute approximate surface area is 165 Å². The predicted octanol–water partition coefficient (Wildman–Crippen LogP) is 0.402. The number of benzene rings is 1. The van der Waals surface area contributed by atoms with E-state index in [0.29, 0.717) is 6.42 Å². The molecule has 150 valence electrons. The number of aromatic nitrogens is 3. The van der Waals surface area contributed by atoms with Gasteiger partial charge in [0.15, 0.2) is 0 Å². The Balaban J connectivity index is 1.96. The molecule has 0 spiro atoms. The van der Waals surface area contributed by atoms with Crippen molar-refractivity contribution >= 4 is 22.9 Å². The summed E-state index contributed by atoms with van der Waals surface area (Å²) in [6.45, 7) is -0.300. The van der Waals surface area contributed by atoms with E-state index in [4.69, 9.17) is 0 Å². The highest BCUT2D eigenvalue weighted by Crippen LogP contribution is 2.10. The number of carboxylic acid groups (broad SMARTS) is 1. The summed E-state index contributed by atoms with van der Waals surface area (Å²) in [5, 5.41) is 9.39. The lowest BCUT2D eigenvalue weighted by Crippen LogP contribution is -2.39. The molecule has 1 amide bonds. The molecule has 1 N–H and O–H groups in total. The average molecular weight is 396 g/mol. The molecule has 0 fully saturated rings. The minimum atomic E-state index is -1.14. The highest BCUT2D eigenvalue weighted by atomic mass is 16.4. The molecule has 0 radical (unpaired) electrons. The van der Waals surface area contributed by atoms with E-state index in [1.54, 1.807) is 0 Å². The number of aliphatic carboxylic acids is 1. The van der Waals surface area contributed by atoms with E-state index < -0.39 is 29.7 Å². The third-order valence-electron chi connectivity index (χ3n) is 4.65. The van der Waals surface area contributed by atoms with Crippen LogP contribution in [0.3, 0.4) is 0 Å². The summed E-state index contributed by atoms with van der Waals surface area (Å²) in [5.74, 6) is -1.73. The first kappa shape index (κ1) is 20.0. The number of carbonyl (C=O) groups excluding carboxylic acids is 1. The fourth-order valence-corrected chi connectivity index (χ4v) is 3.06. The number of fused-ring (bicyclic) bond motifs is 1. The molecule has 9 nitrogen and oxygen atoms in total. The fraction of sp³-hybridized carbons (Fsp3) is 0.250. The molecule has 0 aliphatic rings. The monoisotopic (exact) mass is 396 g/mol. The number of hydrogen-bond acceptors (Lipinski definition) is 5. The van der Waals surface area contributed by atoms with Crippen LogP contribution in [0.15, 0.2) is 52.1 Å². The van der Waals surface area contributed by atoms with Crippen molar-refractivity contribution in [3.8, 4) is 0 Å². The number of pyridine rings is 1. The Bertz CT molecular complexity index is 1200. The Kier molecular flexibility index (Phi) is 5.58. The zero-order valence-corrected chi connectivity index (χ0v) is 16.0. The standard InChI is InChI=1S/C20H20N4O5/c1-22-17-14(18(27)23(2)20(22)29)8-9-15(21-17)19(28)24(12-16(25)26)11-10-13-6-4-3-5-7-13/h3-9H,10-12H2,1-2H3,(H,25,26). The van der Waals surface area contributed by atoms with E-state index in [0.717, 1.165) is 10.1 Å². The summed E-state index contributed by atoms with van der Waals surface area (Å²) < 4.78 is 2.14. The van der Waals surface area contributed by atoms with Crippen molar-refractivity contribution in [1.82, 2.24) is 19.0 Å². The van der Waals surface area contributed by atoms with Crippen LogP contribution in [0.5, 0.6) is 0 Å².